The number of rotatable bonds is 4. The van der Waals surface area contributed by atoms with Crippen LogP contribution >= 0.6 is 11.3 Å². The molecule has 3 heterocycles. The summed E-state index contributed by atoms with van der Waals surface area (Å²) in [7, 11) is 0. The average Bonchev–Trinajstić information content (AvgIpc) is 3.33. The predicted octanol–water partition coefficient (Wildman–Crippen LogP) is 3.78. The molecule has 1 saturated heterocycles. The van der Waals surface area contributed by atoms with E-state index in [4.69, 9.17) is 0 Å². The molecule has 27 heavy (non-hydrogen) atoms. The van der Waals surface area contributed by atoms with E-state index < -0.39 is 0 Å². The third-order valence-electron chi connectivity index (χ3n) is 5.97. The zero-order chi connectivity index (χ0) is 18.4. The van der Waals surface area contributed by atoms with Gasteiger partial charge in [-0.3, -0.25) is 9.69 Å². The summed E-state index contributed by atoms with van der Waals surface area (Å²) in [4.78, 5) is 23.0. The number of nitrogens with one attached hydrogen (secondary N) is 2. The molecule has 1 aromatic carbocycles. The summed E-state index contributed by atoms with van der Waals surface area (Å²) in [6, 6.07) is 6.92. The van der Waals surface area contributed by atoms with E-state index in [2.05, 4.69) is 51.2 Å². The highest BCUT2D eigenvalue weighted by molar-refractivity contribution is 7.13. The number of aromatic nitrogens is 2. The standard InChI is InChI=1S/C21H22N4OS/c1-2-7-25-12-14(20(26)24-21-22-6-8-27-21)9-16-15-4-3-5-17-19(15)13(11-23-17)10-18(16)25/h2-6,8,11,14,16,18,23H,1,7,9-10,12H2,(H,22,24,26)/t14-,16?,18-/m1/s1. The molecule has 0 radical (unpaired) electrons. The highest BCUT2D eigenvalue weighted by Gasteiger charge is 2.42. The van der Waals surface area contributed by atoms with Gasteiger partial charge in [-0.1, -0.05) is 18.2 Å². The number of hydrogen-bond acceptors (Lipinski definition) is 4. The van der Waals surface area contributed by atoms with Gasteiger partial charge in [-0.25, -0.2) is 4.98 Å². The molecule has 0 saturated carbocycles. The Morgan fingerprint density at radius 2 is 2.41 bits per heavy atom. The Morgan fingerprint density at radius 3 is 3.22 bits per heavy atom. The molecule has 138 valence electrons. The van der Waals surface area contributed by atoms with Crippen molar-refractivity contribution in [3.63, 3.8) is 0 Å². The van der Waals surface area contributed by atoms with Crippen LogP contribution in [0.3, 0.4) is 0 Å². The number of fused-ring (bicyclic) bond motifs is 2. The van der Waals surface area contributed by atoms with Crippen molar-refractivity contribution < 1.29 is 4.79 Å². The molecule has 2 aromatic heterocycles. The van der Waals surface area contributed by atoms with Crippen LogP contribution in [0.5, 0.6) is 0 Å². The van der Waals surface area contributed by atoms with Crippen molar-refractivity contribution in [2.45, 2.75) is 24.8 Å². The van der Waals surface area contributed by atoms with Gasteiger partial charge in [0.05, 0.1) is 5.92 Å². The van der Waals surface area contributed by atoms with E-state index in [0.29, 0.717) is 17.1 Å². The summed E-state index contributed by atoms with van der Waals surface area (Å²) in [6.45, 7) is 5.51. The number of amides is 1. The van der Waals surface area contributed by atoms with Crippen molar-refractivity contribution in [3.05, 3.63) is 59.8 Å². The molecular formula is C21H22N4OS. The number of nitrogens with zero attached hydrogens (tertiary/aromatic N) is 2. The van der Waals surface area contributed by atoms with Crippen molar-refractivity contribution in [1.29, 1.82) is 0 Å². The Bertz CT molecular complexity index is 993. The number of hydrogen-bond donors (Lipinski definition) is 2. The van der Waals surface area contributed by atoms with Gasteiger partial charge in [0, 0.05) is 53.7 Å². The van der Waals surface area contributed by atoms with E-state index in [1.165, 1.54) is 33.4 Å². The Kier molecular flexibility index (Phi) is 4.10. The molecule has 1 aliphatic carbocycles. The van der Waals surface area contributed by atoms with Crippen LogP contribution in [0, 0.1) is 5.92 Å². The quantitative estimate of drug-likeness (QED) is 0.679. The van der Waals surface area contributed by atoms with E-state index in [1.807, 2.05) is 11.5 Å². The predicted molar refractivity (Wildman–Crippen MR) is 109 cm³/mol. The lowest BCUT2D eigenvalue weighted by molar-refractivity contribution is -0.122. The minimum absolute atomic E-state index is 0.0501. The summed E-state index contributed by atoms with van der Waals surface area (Å²) in [5, 5.41) is 6.92. The summed E-state index contributed by atoms with van der Waals surface area (Å²) in [5.41, 5.74) is 3.97. The van der Waals surface area contributed by atoms with Gasteiger partial charge in [0.2, 0.25) is 5.91 Å². The molecule has 0 spiro atoms. The molecule has 3 aromatic rings. The van der Waals surface area contributed by atoms with Gasteiger partial charge in [0.25, 0.3) is 0 Å². The van der Waals surface area contributed by atoms with Crippen LogP contribution < -0.4 is 5.32 Å². The monoisotopic (exact) mass is 378 g/mol. The van der Waals surface area contributed by atoms with Gasteiger partial charge in [0.1, 0.15) is 0 Å². The minimum atomic E-state index is -0.0501. The first kappa shape index (κ1) is 16.7. The molecule has 1 aliphatic heterocycles. The average molecular weight is 379 g/mol. The normalized spacial score (nSPS) is 24.5. The second-order valence-electron chi connectivity index (χ2n) is 7.46. The van der Waals surface area contributed by atoms with E-state index >= 15 is 0 Å². The fourth-order valence-electron chi connectivity index (χ4n) is 4.86. The number of benzene rings is 1. The fourth-order valence-corrected chi connectivity index (χ4v) is 5.39. The molecular weight excluding hydrogens is 356 g/mol. The largest absolute Gasteiger partial charge is 0.361 e. The third-order valence-corrected chi connectivity index (χ3v) is 6.66. The molecule has 5 nitrogen and oxygen atoms in total. The molecule has 1 unspecified atom stereocenters. The smallest absolute Gasteiger partial charge is 0.230 e. The van der Waals surface area contributed by atoms with Gasteiger partial charge in [0.15, 0.2) is 5.13 Å². The van der Waals surface area contributed by atoms with Crippen molar-refractivity contribution in [3.8, 4) is 0 Å². The van der Waals surface area contributed by atoms with Crippen LogP contribution in [-0.4, -0.2) is 39.9 Å². The summed E-state index contributed by atoms with van der Waals surface area (Å²) in [6.07, 6.45) is 7.72. The molecule has 2 N–H and O–H groups in total. The molecule has 1 fully saturated rings. The second-order valence-corrected chi connectivity index (χ2v) is 8.36. The Hall–Kier alpha value is -2.44. The summed E-state index contributed by atoms with van der Waals surface area (Å²) in [5.74, 6) is 0.382. The maximum atomic E-state index is 12.9. The molecule has 6 heteroatoms. The number of carbonyl (C=O) groups is 1. The van der Waals surface area contributed by atoms with Gasteiger partial charge >= 0.3 is 0 Å². The van der Waals surface area contributed by atoms with Crippen molar-refractivity contribution in [2.24, 2.45) is 5.92 Å². The Balaban J connectivity index is 1.49. The number of anilines is 1. The molecule has 3 atom stereocenters. The van der Waals surface area contributed by atoms with Gasteiger partial charge < -0.3 is 10.3 Å². The first-order chi connectivity index (χ1) is 13.2. The first-order valence-electron chi connectivity index (χ1n) is 9.38. The zero-order valence-electron chi connectivity index (χ0n) is 15.0. The lowest BCUT2D eigenvalue weighted by Crippen LogP contribution is -2.52. The Morgan fingerprint density at radius 1 is 1.48 bits per heavy atom. The molecule has 0 bridgehead atoms. The SMILES string of the molecule is C=CCN1C[C@H](C(=O)Nc2nccs2)CC2c3cccc4[nH]cc(c34)C[C@H]21. The van der Waals surface area contributed by atoms with Crippen LogP contribution in [-0.2, 0) is 11.2 Å². The zero-order valence-corrected chi connectivity index (χ0v) is 15.8. The first-order valence-corrected chi connectivity index (χ1v) is 10.3. The number of piperidine rings is 1. The highest BCUT2D eigenvalue weighted by atomic mass is 32.1. The molecule has 1 amide bonds. The summed E-state index contributed by atoms with van der Waals surface area (Å²) >= 11 is 1.46. The topological polar surface area (TPSA) is 61.0 Å². The third kappa shape index (κ3) is 2.80. The van der Waals surface area contributed by atoms with Crippen LogP contribution in [0.15, 0.2) is 48.6 Å². The number of likely N-dealkylation sites (tertiary alicyclic amines) is 1. The second kappa shape index (κ2) is 6.62. The molecule has 5 rings (SSSR count). The van der Waals surface area contributed by atoms with E-state index in [-0.39, 0.29) is 11.8 Å². The fraction of sp³-hybridized carbons (Fsp3) is 0.333. The van der Waals surface area contributed by atoms with Crippen molar-refractivity contribution >= 4 is 33.3 Å². The summed E-state index contributed by atoms with van der Waals surface area (Å²) < 4.78 is 0. The minimum Gasteiger partial charge on any atom is -0.361 e. The Labute approximate surface area is 162 Å². The van der Waals surface area contributed by atoms with Crippen LogP contribution in [0.2, 0.25) is 0 Å². The van der Waals surface area contributed by atoms with Crippen LogP contribution in [0.1, 0.15) is 23.5 Å². The maximum Gasteiger partial charge on any atom is 0.230 e. The van der Waals surface area contributed by atoms with E-state index in [0.717, 1.165) is 25.9 Å². The highest BCUT2D eigenvalue weighted by Crippen LogP contribution is 2.44. The van der Waals surface area contributed by atoms with E-state index in [1.54, 1.807) is 6.20 Å². The molecule has 2 aliphatic rings. The van der Waals surface area contributed by atoms with Crippen LogP contribution in [0.25, 0.3) is 10.9 Å². The maximum absolute atomic E-state index is 12.9. The van der Waals surface area contributed by atoms with Gasteiger partial charge in [-0.15, -0.1) is 17.9 Å². The number of carbonyl (C=O) groups excluding carboxylic acids is 1. The number of thiazole rings is 1. The van der Waals surface area contributed by atoms with E-state index in [9.17, 15) is 4.79 Å². The van der Waals surface area contributed by atoms with Crippen molar-refractivity contribution in [1.82, 2.24) is 14.9 Å². The van der Waals surface area contributed by atoms with Gasteiger partial charge in [-0.2, -0.15) is 0 Å². The van der Waals surface area contributed by atoms with Gasteiger partial charge in [-0.05, 0) is 30.0 Å². The number of H-pyrrole nitrogens is 1. The number of aromatic amines is 1. The lowest BCUT2D eigenvalue weighted by atomic mass is 9.72. The lowest BCUT2D eigenvalue weighted by Gasteiger charge is -2.46. The van der Waals surface area contributed by atoms with Crippen molar-refractivity contribution in [2.75, 3.05) is 18.4 Å². The van der Waals surface area contributed by atoms with Crippen LogP contribution in [0.4, 0.5) is 5.13 Å².